The third-order valence-corrected chi connectivity index (χ3v) is 5.01. The minimum Gasteiger partial charge on any atom is -0.463 e. The molecule has 126 valence electrons. The quantitative estimate of drug-likeness (QED) is 0.751. The summed E-state index contributed by atoms with van der Waals surface area (Å²) in [5.74, 6) is 0.188. The van der Waals surface area contributed by atoms with Crippen molar-refractivity contribution in [1.82, 2.24) is 4.90 Å². The van der Waals surface area contributed by atoms with Crippen molar-refractivity contribution in [3.63, 3.8) is 0 Å². The van der Waals surface area contributed by atoms with Crippen LogP contribution in [0.15, 0.2) is 52.1 Å². The molecule has 4 nitrogen and oxygen atoms in total. The average molecular weight is 342 g/mol. The molecule has 1 aromatic carbocycles. The van der Waals surface area contributed by atoms with Crippen LogP contribution in [0.3, 0.4) is 0 Å². The summed E-state index contributed by atoms with van der Waals surface area (Å²) < 4.78 is 5.29. The number of amidine groups is 1. The molecule has 0 spiro atoms. The Morgan fingerprint density at radius 3 is 2.67 bits per heavy atom. The lowest BCUT2D eigenvalue weighted by Crippen LogP contribution is -2.34. The zero-order valence-corrected chi connectivity index (χ0v) is 15.3. The number of allylic oxidation sites excluding steroid dienone is 1. The highest BCUT2D eigenvalue weighted by Gasteiger charge is 2.37. The number of ether oxygens (including phenoxy) is 1. The lowest BCUT2D eigenvalue weighted by Gasteiger charge is -2.33. The maximum absolute atomic E-state index is 12.5. The first-order valence-electron chi connectivity index (χ1n) is 8.21. The zero-order valence-electron chi connectivity index (χ0n) is 14.4. The van der Waals surface area contributed by atoms with E-state index in [1.54, 1.807) is 11.8 Å². The highest BCUT2D eigenvalue weighted by molar-refractivity contribution is 8.16. The Morgan fingerprint density at radius 2 is 2.04 bits per heavy atom. The van der Waals surface area contributed by atoms with Crippen LogP contribution in [0.2, 0.25) is 0 Å². The van der Waals surface area contributed by atoms with Gasteiger partial charge >= 0.3 is 5.97 Å². The van der Waals surface area contributed by atoms with E-state index in [-0.39, 0.29) is 12.0 Å². The zero-order chi connectivity index (χ0) is 17.3. The van der Waals surface area contributed by atoms with Crippen LogP contribution in [0.5, 0.6) is 0 Å². The second-order valence-corrected chi connectivity index (χ2v) is 7.02. The SMILES string of the molecule is CCOC(=O)C1=C(C)N=C2SC=CN2[C@H]1c1ccc(C(C)C)cc1. The van der Waals surface area contributed by atoms with E-state index in [4.69, 9.17) is 4.74 Å². The average Bonchev–Trinajstić information content (AvgIpc) is 3.01. The number of carbonyl (C=O) groups is 1. The van der Waals surface area contributed by atoms with Gasteiger partial charge < -0.3 is 9.64 Å². The Morgan fingerprint density at radius 1 is 1.33 bits per heavy atom. The van der Waals surface area contributed by atoms with E-state index >= 15 is 0 Å². The van der Waals surface area contributed by atoms with Gasteiger partial charge in [-0.3, -0.25) is 0 Å². The maximum Gasteiger partial charge on any atom is 0.338 e. The Labute approximate surface area is 147 Å². The minimum absolute atomic E-state index is 0.191. The van der Waals surface area contributed by atoms with E-state index < -0.39 is 0 Å². The van der Waals surface area contributed by atoms with Crippen molar-refractivity contribution in [3.8, 4) is 0 Å². The van der Waals surface area contributed by atoms with Crippen LogP contribution >= 0.6 is 11.8 Å². The molecule has 0 saturated carbocycles. The number of fused-ring (bicyclic) bond motifs is 1. The Kier molecular flexibility index (Phi) is 4.81. The molecule has 5 heteroatoms. The normalized spacial score (nSPS) is 19.6. The van der Waals surface area contributed by atoms with Gasteiger partial charge in [-0.2, -0.15) is 0 Å². The van der Waals surface area contributed by atoms with E-state index in [1.165, 1.54) is 5.56 Å². The molecular weight excluding hydrogens is 320 g/mol. The van der Waals surface area contributed by atoms with Crippen molar-refractivity contribution in [2.45, 2.75) is 39.7 Å². The van der Waals surface area contributed by atoms with Gasteiger partial charge in [0, 0.05) is 6.20 Å². The van der Waals surface area contributed by atoms with Crippen molar-refractivity contribution in [1.29, 1.82) is 0 Å². The van der Waals surface area contributed by atoms with Crippen LogP contribution in [0.1, 0.15) is 50.8 Å². The third kappa shape index (κ3) is 3.00. The predicted octanol–water partition coefficient (Wildman–Crippen LogP) is 4.58. The second-order valence-electron chi connectivity index (χ2n) is 6.15. The van der Waals surface area contributed by atoms with Gasteiger partial charge in [-0.25, -0.2) is 9.79 Å². The lowest BCUT2D eigenvalue weighted by molar-refractivity contribution is -0.139. The molecule has 0 amide bonds. The summed E-state index contributed by atoms with van der Waals surface area (Å²) in [6, 6.07) is 8.29. The van der Waals surface area contributed by atoms with Gasteiger partial charge in [0.25, 0.3) is 0 Å². The summed E-state index contributed by atoms with van der Waals surface area (Å²) in [5.41, 5.74) is 3.70. The van der Waals surface area contributed by atoms with Crippen molar-refractivity contribution in [2.75, 3.05) is 6.61 Å². The molecule has 2 aliphatic rings. The van der Waals surface area contributed by atoms with E-state index in [0.29, 0.717) is 18.1 Å². The van der Waals surface area contributed by atoms with Gasteiger partial charge in [-0.1, -0.05) is 49.9 Å². The maximum atomic E-state index is 12.5. The van der Waals surface area contributed by atoms with E-state index in [9.17, 15) is 4.79 Å². The summed E-state index contributed by atoms with van der Waals surface area (Å²) in [4.78, 5) is 19.2. The predicted molar refractivity (Wildman–Crippen MR) is 98.6 cm³/mol. The molecule has 0 bridgehead atoms. The fraction of sp³-hybridized carbons (Fsp3) is 0.368. The number of hydrogen-bond acceptors (Lipinski definition) is 5. The number of esters is 1. The molecule has 0 aromatic heterocycles. The van der Waals surface area contributed by atoms with Crippen molar-refractivity contribution in [2.24, 2.45) is 4.99 Å². The van der Waals surface area contributed by atoms with Crippen molar-refractivity contribution in [3.05, 3.63) is 58.3 Å². The summed E-state index contributed by atoms with van der Waals surface area (Å²) in [6.45, 7) is 8.41. The standard InChI is InChI=1S/C19H22N2O2S/c1-5-23-18(22)16-13(4)20-19-21(10-11-24-19)17(16)15-8-6-14(7-9-15)12(2)3/h6-12,17H,5H2,1-4H3/t17-/m0/s1. The minimum atomic E-state index is -0.291. The molecule has 0 aliphatic carbocycles. The first kappa shape index (κ1) is 16.8. The number of thioether (sulfide) groups is 1. The highest BCUT2D eigenvalue weighted by Crippen LogP contribution is 2.41. The first-order valence-corrected chi connectivity index (χ1v) is 9.09. The smallest absolute Gasteiger partial charge is 0.338 e. The highest BCUT2D eigenvalue weighted by atomic mass is 32.2. The van der Waals surface area contributed by atoms with Crippen LogP contribution in [-0.2, 0) is 9.53 Å². The third-order valence-electron chi connectivity index (χ3n) is 4.23. The van der Waals surface area contributed by atoms with Gasteiger partial charge in [0.2, 0.25) is 0 Å². The number of hydrogen-bond donors (Lipinski definition) is 0. The molecule has 2 aliphatic heterocycles. The van der Waals surface area contributed by atoms with Crippen LogP contribution in [-0.4, -0.2) is 22.6 Å². The number of benzene rings is 1. The molecule has 24 heavy (non-hydrogen) atoms. The van der Waals surface area contributed by atoms with E-state index in [0.717, 1.165) is 16.4 Å². The molecule has 2 heterocycles. The van der Waals surface area contributed by atoms with Gasteiger partial charge in [0.1, 0.15) is 0 Å². The first-order chi connectivity index (χ1) is 11.5. The molecule has 1 atom stereocenters. The Bertz CT molecular complexity index is 732. The summed E-state index contributed by atoms with van der Waals surface area (Å²) >= 11 is 1.57. The summed E-state index contributed by atoms with van der Waals surface area (Å²) in [5, 5.41) is 2.90. The van der Waals surface area contributed by atoms with Crippen LogP contribution in [0, 0.1) is 0 Å². The molecule has 0 N–H and O–H groups in total. The van der Waals surface area contributed by atoms with Gasteiger partial charge in [-0.15, -0.1) is 0 Å². The van der Waals surface area contributed by atoms with Crippen molar-refractivity contribution < 1.29 is 9.53 Å². The molecular formula is C19H22N2O2S. The monoisotopic (exact) mass is 342 g/mol. The van der Waals surface area contributed by atoms with Crippen LogP contribution in [0.25, 0.3) is 0 Å². The summed E-state index contributed by atoms with van der Waals surface area (Å²) in [6.07, 6.45) is 1.98. The molecule has 1 aromatic rings. The second kappa shape index (κ2) is 6.85. The Hall–Kier alpha value is -2.01. The van der Waals surface area contributed by atoms with Gasteiger partial charge in [-0.05, 0) is 36.3 Å². The van der Waals surface area contributed by atoms with E-state index in [1.807, 2.05) is 30.4 Å². The lowest BCUT2D eigenvalue weighted by atomic mass is 9.92. The number of rotatable bonds is 4. The molecule has 0 fully saturated rings. The van der Waals surface area contributed by atoms with Crippen LogP contribution in [0.4, 0.5) is 0 Å². The Balaban J connectivity index is 2.05. The molecule has 0 radical (unpaired) electrons. The topological polar surface area (TPSA) is 41.9 Å². The van der Waals surface area contributed by atoms with Gasteiger partial charge in [0.05, 0.1) is 23.9 Å². The molecule has 0 unspecified atom stereocenters. The van der Waals surface area contributed by atoms with Crippen molar-refractivity contribution >= 4 is 22.9 Å². The fourth-order valence-electron chi connectivity index (χ4n) is 2.96. The molecule has 0 saturated heterocycles. The number of nitrogens with zero attached hydrogens (tertiary/aromatic N) is 2. The number of aliphatic imine (C=N–C) groups is 1. The largest absolute Gasteiger partial charge is 0.463 e. The van der Waals surface area contributed by atoms with E-state index in [2.05, 4.69) is 43.1 Å². The summed E-state index contributed by atoms with van der Waals surface area (Å²) in [7, 11) is 0. The van der Waals surface area contributed by atoms with Gasteiger partial charge in [0.15, 0.2) is 5.17 Å². The number of carbonyl (C=O) groups excluding carboxylic acids is 1. The van der Waals surface area contributed by atoms with Crippen LogP contribution < -0.4 is 0 Å². The fourth-order valence-corrected chi connectivity index (χ4v) is 3.75. The molecule has 3 rings (SSSR count).